The van der Waals surface area contributed by atoms with Crippen LogP contribution in [0.3, 0.4) is 0 Å². The van der Waals surface area contributed by atoms with Crippen molar-refractivity contribution in [2.75, 3.05) is 14.1 Å². The predicted molar refractivity (Wildman–Crippen MR) is 98.4 cm³/mol. The van der Waals surface area contributed by atoms with E-state index in [9.17, 15) is 0 Å². The quantitative estimate of drug-likeness (QED) is 0.688. The number of allylic oxidation sites excluding steroid dienone is 1. The minimum Gasteiger partial charge on any atom is -0.303 e. The topological polar surface area (TPSA) is 3.24 Å². The Kier molecular flexibility index (Phi) is 3.46. The number of fused-ring (bicyclic) bond motifs is 4. The Morgan fingerprint density at radius 2 is 1.43 bits per heavy atom. The smallest absolute Gasteiger partial charge is 0.0395 e. The number of likely N-dealkylation sites (N-methyl/N-ethyl adjacent to an activating group) is 1. The molecule has 116 valence electrons. The van der Waals surface area contributed by atoms with Crippen LogP contribution in [-0.4, -0.2) is 25.0 Å². The molecule has 1 nitrogen and oxygen atoms in total. The second-order valence-electron chi connectivity index (χ2n) is 6.91. The van der Waals surface area contributed by atoms with E-state index in [0.29, 0.717) is 6.04 Å². The maximum atomic E-state index is 2.46. The minimum absolute atomic E-state index is 0.00317. The summed E-state index contributed by atoms with van der Waals surface area (Å²) < 4.78 is 0. The molecule has 0 fully saturated rings. The summed E-state index contributed by atoms with van der Waals surface area (Å²) in [5.41, 5.74) is 5.57. The first-order chi connectivity index (χ1) is 11.2. The van der Waals surface area contributed by atoms with E-state index in [1.54, 1.807) is 0 Å². The van der Waals surface area contributed by atoms with E-state index in [0.717, 1.165) is 6.42 Å². The first-order valence-corrected chi connectivity index (χ1v) is 8.44. The van der Waals surface area contributed by atoms with Crippen LogP contribution >= 0.6 is 0 Å². The zero-order valence-electron chi connectivity index (χ0n) is 13.9. The molecule has 0 aromatic heterocycles. The normalized spacial score (nSPS) is 21.1. The minimum atomic E-state index is 0.00317. The van der Waals surface area contributed by atoms with Gasteiger partial charge in [0, 0.05) is 11.5 Å². The number of benzene rings is 2. The molecule has 0 radical (unpaired) electrons. The van der Waals surface area contributed by atoms with Crippen molar-refractivity contribution in [3.8, 4) is 0 Å². The van der Waals surface area contributed by atoms with E-state index in [2.05, 4.69) is 91.8 Å². The van der Waals surface area contributed by atoms with E-state index >= 15 is 0 Å². The van der Waals surface area contributed by atoms with Gasteiger partial charge in [-0.3, -0.25) is 0 Å². The molecule has 0 amide bonds. The molecule has 2 aliphatic rings. The molecule has 0 N–H and O–H groups in total. The van der Waals surface area contributed by atoms with E-state index in [4.69, 9.17) is 0 Å². The molecule has 4 rings (SSSR count). The highest BCUT2D eigenvalue weighted by molar-refractivity contribution is 5.78. The fraction of sp³-hybridized carbons (Fsp3) is 0.273. The second-order valence-corrected chi connectivity index (χ2v) is 6.91. The van der Waals surface area contributed by atoms with E-state index in [1.165, 1.54) is 28.7 Å². The fourth-order valence-electron chi connectivity index (χ4n) is 4.13. The number of hydrogen-bond donors (Lipinski definition) is 0. The van der Waals surface area contributed by atoms with E-state index in [1.807, 2.05) is 0 Å². The van der Waals surface area contributed by atoms with Crippen molar-refractivity contribution < 1.29 is 0 Å². The van der Waals surface area contributed by atoms with Crippen molar-refractivity contribution >= 4 is 12.2 Å². The lowest BCUT2D eigenvalue weighted by Crippen LogP contribution is -2.36. The van der Waals surface area contributed by atoms with Gasteiger partial charge in [0.15, 0.2) is 0 Å². The fourth-order valence-corrected chi connectivity index (χ4v) is 4.13. The highest BCUT2D eigenvalue weighted by atomic mass is 15.1. The molecule has 0 bridgehead atoms. The van der Waals surface area contributed by atoms with Crippen molar-refractivity contribution in [3.63, 3.8) is 0 Å². The average molecular weight is 301 g/mol. The van der Waals surface area contributed by atoms with Crippen LogP contribution in [0, 0.1) is 0 Å². The molecule has 0 heterocycles. The Morgan fingerprint density at radius 1 is 0.870 bits per heavy atom. The number of rotatable bonds is 1. The predicted octanol–water partition coefficient (Wildman–Crippen LogP) is 4.74. The molecule has 1 unspecified atom stereocenters. The second kappa shape index (κ2) is 5.50. The number of nitrogens with zero attached hydrogens (tertiary/aromatic N) is 1. The highest BCUT2D eigenvalue weighted by Crippen LogP contribution is 2.46. The molecular formula is C22H23N. The summed E-state index contributed by atoms with van der Waals surface area (Å²) in [5.74, 6) is 0. The van der Waals surface area contributed by atoms with Crippen LogP contribution in [0.5, 0.6) is 0 Å². The zero-order valence-corrected chi connectivity index (χ0v) is 13.9. The summed E-state index contributed by atoms with van der Waals surface area (Å²) >= 11 is 0. The van der Waals surface area contributed by atoms with Gasteiger partial charge in [-0.25, -0.2) is 0 Å². The van der Waals surface area contributed by atoms with Gasteiger partial charge in [-0.05, 0) is 49.2 Å². The maximum absolute atomic E-state index is 2.46. The molecule has 0 saturated heterocycles. The molecule has 2 aromatic rings. The van der Waals surface area contributed by atoms with Crippen molar-refractivity contribution in [2.45, 2.75) is 24.3 Å². The summed E-state index contributed by atoms with van der Waals surface area (Å²) in [6.07, 6.45) is 11.8. The highest BCUT2D eigenvalue weighted by Gasteiger charge is 2.38. The van der Waals surface area contributed by atoms with Crippen LogP contribution in [0.25, 0.3) is 12.2 Å². The Bertz CT molecular complexity index is 733. The monoisotopic (exact) mass is 301 g/mol. The van der Waals surface area contributed by atoms with Gasteiger partial charge < -0.3 is 4.90 Å². The third-order valence-corrected chi connectivity index (χ3v) is 5.43. The largest absolute Gasteiger partial charge is 0.303 e. The summed E-state index contributed by atoms with van der Waals surface area (Å²) in [5, 5.41) is 0. The van der Waals surface area contributed by atoms with Crippen molar-refractivity contribution in [1.29, 1.82) is 0 Å². The number of hydrogen-bond acceptors (Lipinski definition) is 1. The summed E-state index contributed by atoms with van der Waals surface area (Å²) in [7, 11) is 4.34. The average Bonchev–Trinajstić information content (AvgIpc) is 2.72. The lowest BCUT2D eigenvalue weighted by molar-refractivity contribution is 0.297. The van der Waals surface area contributed by atoms with Gasteiger partial charge >= 0.3 is 0 Å². The first-order valence-electron chi connectivity index (χ1n) is 8.44. The molecule has 1 spiro atoms. The van der Waals surface area contributed by atoms with Crippen LogP contribution in [-0.2, 0) is 5.41 Å². The molecule has 23 heavy (non-hydrogen) atoms. The molecular weight excluding hydrogens is 278 g/mol. The van der Waals surface area contributed by atoms with Gasteiger partial charge in [0.1, 0.15) is 0 Å². The Labute approximate surface area is 139 Å². The third kappa shape index (κ3) is 2.27. The van der Waals surface area contributed by atoms with Crippen LogP contribution < -0.4 is 0 Å². The molecule has 2 aliphatic carbocycles. The van der Waals surface area contributed by atoms with E-state index in [-0.39, 0.29) is 5.41 Å². The first kappa shape index (κ1) is 14.5. The Morgan fingerprint density at radius 3 is 1.91 bits per heavy atom. The van der Waals surface area contributed by atoms with Gasteiger partial charge in [0.2, 0.25) is 0 Å². The summed E-state index contributed by atoms with van der Waals surface area (Å²) in [6, 6.07) is 18.3. The van der Waals surface area contributed by atoms with Crippen LogP contribution in [0.4, 0.5) is 0 Å². The SMILES string of the molecule is CN(C)C1C=CC2(CC1)c1ccccc1C=Cc1ccccc12. The molecule has 0 aliphatic heterocycles. The lowest BCUT2D eigenvalue weighted by atomic mass is 9.66. The molecule has 0 saturated carbocycles. The van der Waals surface area contributed by atoms with Crippen LogP contribution in [0.1, 0.15) is 35.1 Å². The van der Waals surface area contributed by atoms with Crippen LogP contribution in [0.15, 0.2) is 60.7 Å². The Hall–Kier alpha value is -2.12. The van der Waals surface area contributed by atoms with Gasteiger partial charge in [0.25, 0.3) is 0 Å². The molecule has 1 atom stereocenters. The van der Waals surface area contributed by atoms with Gasteiger partial charge in [-0.15, -0.1) is 0 Å². The zero-order chi connectivity index (χ0) is 15.9. The van der Waals surface area contributed by atoms with Gasteiger partial charge in [0.05, 0.1) is 0 Å². The summed E-state index contributed by atoms with van der Waals surface area (Å²) in [4.78, 5) is 2.32. The molecule has 2 aromatic carbocycles. The van der Waals surface area contributed by atoms with Gasteiger partial charge in [-0.1, -0.05) is 72.8 Å². The third-order valence-electron chi connectivity index (χ3n) is 5.43. The van der Waals surface area contributed by atoms with Gasteiger partial charge in [-0.2, -0.15) is 0 Å². The van der Waals surface area contributed by atoms with Crippen molar-refractivity contribution in [2.24, 2.45) is 0 Å². The van der Waals surface area contributed by atoms with Crippen molar-refractivity contribution in [3.05, 3.63) is 82.9 Å². The standard InChI is InChI=1S/C22H23N/c1-23(2)19-13-15-22(16-14-19)20-9-5-3-7-17(20)11-12-18-8-4-6-10-21(18)22/h3-13,15,19H,14,16H2,1-2H3. The molecule has 1 heteroatoms. The summed E-state index contributed by atoms with van der Waals surface area (Å²) in [6.45, 7) is 0. The maximum Gasteiger partial charge on any atom is 0.0395 e. The lowest BCUT2D eigenvalue weighted by Gasteiger charge is -2.39. The van der Waals surface area contributed by atoms with E-state index < -0.39 is 0 Å². The Balaban J connectivity index is 1.95. The van der Waals surface area contributed by atoms with Crippen LogP contribution in [0.2, 0.25) is 0 Å². The van der Waals surface area contributed by atoms with Crippen molar-refractivity contribution in [1.82, 2.24) is 4.90 Å².